The smallest absolute Gasteiger partial charge is 0.337 e. The van der Waals surface area contributed by atoms with E-state index in [4.69, 9.17) is 10.8 Å². The third kappa shape index (κ3) is 2.43. The van der Waals surface area contributed by atoms with Gasteiger partial charge in [0, 0.05) is 12.4 Å². The van der Waals surface area contributed by atoms with Crippen LogP contribution in [0.5, 0.6) is 0 Å². The first-order valence-electron chi connectivity index (χ1n) is 5.29. The molecule has 0 aliphatic heterocycles. The fourth-order valence-corrected chi connectivity index (χ4v) is 2.27. The van der Waals surface area contributed by atoms with E-state index in [1.165, 1.54) is 17.4 Å². The summed E-state index contributed by atoms with van der Waals surface area (Å²) in [5, 5.41) is 11.0. The lowest BCUT2D eigenvalue weighted by Crippen LogP contribution is -2.19. The molecule has 1 aromatic carbocycles. The van der Waals surface area contributed by atoms with Gasteiger partial charge in [0.15, 0.2) is 0 Å². The van der Waals surface area contributed by atoms with Crippen LogP contribution in [0.25, 0.3) is 0 Å². The molecule has 2 aromatic rings. The van der Waals surface area contributed by atoms with Crippen LogP contribution in [0.3, 0.4) is 0 Å². The number of hydrogen-bond donors (Lipinski definition) is 2. The molecule has 0 radical (unpaired) electrons. The molecule has 5 nitrogen and oxygen atoms in total. The average molecular weight is 263 g/mol. The third-order valence-corrected chi connectivity index (χ3v) is 3.24. The van der Waals surface area contributed by atoms with Crippen LogP contribution in [-0.4, -0.2) is 23.1 Å². The van der Waals surface area contributed by atoms with Crippen LogP contribution in [0.15, 0.2) is 29.1 Å². The summed E-state index contributed by atoms with van der Waals surface area (Å²) in [6, 6.07) is 4.98. The predicted octanol–water partition coefficient (Wildman–Crippen LogP) is 2.06. The number of para-hydroxylation sites is 1. The molecule has 1 aromatic heterocycles. The molecule has 0 amide bonds. The van der Waals surface area contributed by atoms with Crippen molar-refractivity contribution in [2.45, 2.75) is 6.54 Å². The van der Waals surface area contributed by atoms with Crippen molar-refractivity contribution in [2.75, 3.05) is 17.7 Å². The van der Waals surface area contributed by atoms with Gasteiger partial charge in [-0.05, 0) is 12.1 Å². The Balaban J connectivity index is 2.27. The Bertz CT molecular complexity index is 554. The van der Waals surface area contributed by atoms with Crippen molar-refractivity contribution in [2.24, 2.45) is 0 Å². The van der Waals surface area contributed by atoms with Gasteiger partial charge in [0.05, 0.1) is 34.7 Å². The first-order valence-corrected chi connectivity index (χ1v) is 6.24. The van der Waals surface area contributed by atoms with E-state index >= 15 is 0 Å². The summed E-state index contributed by atoms with van der Waals surface area (Å²) in [5.41, 5.74) is 9.67. The zero-order valence-corrected chi connectivity index (χ0v) is 10.6. The van der Waals surface area contributed by atoms with Gasteiger partial charge >= 0.3 is 5.97 Å². The minimum absolute atomic E-state index is 0.123. The molecular weight excluding hydrogens is 250 g/mol. The molecule has 3 N–H and O–H groups in total. The molecule has 0 atom stereocenters. The van der Waals surface area contributed by atoms with Gasteiger partial charge < -0.3 is 15.7 Å². The Morgan fingerprint density at radius 3 is 2.94 bits per heavy atom. The number of aromatic carboxylic acids is 1. The van der Waals surface area contributed by atoms with Gasteiger partial charge in [0.1, 0.15) is 0 Å². The Labute approximate surface area is 108 Å². The van der Waals surface area contributed by atoms with E-state index in [0.717, 1.165) is 5.69 Å². The summed E-state index contributed by atoms with van der Waals surface area (Å²) in [5.74, 6) is -1.02. The highest BCUT2D eigenvalue weighted by Gasteiger charge is 2.14. The monoisotopic (exact) mass is 263 g/mol. The van der Waals surface area contributed by atoms with E-state index in [-0.39, 0.29) is 11.3 Å². The summed E-state index contributed by atoms with van der Waals surface area (Å²) in [6.45, 7) is 0.594. The van der Waals surface area contributed by atoms with E-state index in [0.29, 0.717) is 12.2 Å². The number of anilines is 2. The van der Waals surface area contributed by atoms with E-state index in [2.05, 4.69) is 4.98 Å². The van der Waals surface area contributed by atoms with Gasteiger partial charge in [-0.1, -0.05) is 6.07 Å². The lowest BCUT2D eigenvalue weighted by molar-refractivity contribution is 0.0698. The van der Waals surface area contributed by atoms with E-state index in [1.54, 1.807) is 17.6 Å². The molecule has 6 heteroatoms. The molecule has 94 valence electrons. The summed E-state index contributed by atoms with van der Waals surface area (Å²) in [4.78, 5) is 17.1. The number of nitrogen functional groups attached to an aromatic ring is 1. The summed E-state index contributed by atoms with van der Waals surface area (Å²) in [6.07, 6.45) is 0. The minimum Gasteiger partial charge on any atom is -0.478 e. The second-order valence-corrected chi connectivity index (χ2v) is 4.60. The highest BCUT2D eigenvalue weighted by molar-refractivity contribution is 7.07. The fraction of sp³-hybridized carbons (Fsp3) is 0.167. The second-order valence-electron chi connectivity index (χ2n) is 3.88. The van der Waals surface area contributed by atoms with E-state index in [9.17, 15) is 4.79 Å². The largest absolute Gasteiger partial charge is 0.478 e. The molecule has 0 saturated carbocycles. The van der Waals surface area contributed by atoms with Crippen molar-refractivity contribution >= 4 is 28.7 Å². The van der Waals surface area contributed by atoms with Crippen molar-refractivity contribution in [3.8, 4) is 0 Å². The maximum Gasteiger partial charge on any atom is 0.337 e. The van der Waals surface area contributed by atoms with Gasteiger partial charge in [0.25, 0.3) is 0 Å². The molecule has 0 aliphatic carbocycles. The van der Waals surface area contributed by atoms with E-state index in [1.807, 2.05) is 17.3 Å². The number of nitrogens with zero attached hydrogens (tertiary/aromatic N) is 2. The maximum atomic E-state index is 11.0. The quantitative estimate of drug-likeness (QED) is 0.825. The zero-order valence-electron chi connectivity index (χ0n) is 9.83. The number of carboxylic acids is 1. The predicted molar refractivity (Wildman–Crippen MR) is 72.0 cm³/mol. The molecule has 0 aliphatic rings. The number of hydrogen-bond acceptors (Lipinski definition) is 5. The van der Waals surface area contributed by atoms with Crippen LogP contribution in [0.2, 0.25) is 0 Å². The standard InChI is InChI=1S/C12H13N3O2S/c1-15(5-8-6-18-7-14-8)10-4-2-3-9(11(10)13)12(16)17/h2-4,6-7H,5,13H2,1H3,(H,16,17). The topological polar surface area (TPSA) is 79.5 Å². The second kappa shape index (κ2) is 5.05. The average Bonchev–Trinajstić information content (AvgIpc) is 2.81. The molecule has 0 spiro atoms. The van der Waals surface area contributed by atoms with Crippen molar-refractivity contribution in [1.29, 1.82) is 0 Å². The van der Waals surface area contributed by atoms with Crippen LogP contribution >= 0.6 is 11.3 Å². The van der Waals surface area contributed by atoms with Gasteiger partial charge in [-0.25, -0.2) is 9.78 Å². The first kappa shape index (κ1) is 12.4. The van der Waals surface area contributed by atoms with Crippen LogP contribution in [-0.2, 0) is 6.54 Å². The van der Waals surface area contributed by atoms with Gasteiger partial charge in [-0.2, -0.15) is 0 Å². The minimum atomic E-state index is -1.02. The van der Waals surface area contributed by atoms with Crippen LogP contribution in [0.1, 0.15) is 16.1 Å². The number of carboxylic acid groups (broad SMARTS) is 1. The lowest BCUT2D eigenvalue weighted by atomic mass is 10.1. The Hall–Kier alpha value is -2.08. The molecule has 0 saturated heterocycles. The summed E-state index contributed by atoms with van der Waals surface area (Å²) in [7, 11) is 1.86. The first-order chi connectivity index (χ1) is 8.59. The Morgan fingerprint density at radius 2 is 2.33 bits per heavy atom. The van der Waals surface area contributed by atoms with Gasteiger partial charge in [-0.15, -0.1) is 11.3 Å². The number of carbonyl (C=O) groups is 1. The molecule has 2 rings (SSSR count). The van der Waals surface area contributed by atoms with Crippen molar-refractivity contribution in [1.82, 2.24) is 4.98 Å². The lowest BCUT2D eigenvalue weighted by Gasteiger charge is -2.20. The highest BCUT2D eigenvalue weighted by Crippen LogP contribution is 2.26. The van der Waals surface area contributed by atoms with E-state index < -0.39 is 5.97 Å². The Morgan fingerprint density at radius 1 is 1.56 bits per heavy atom. The molecule has 0 fully saturated rings. The van der Waals surface area contributed by atoms with Gasteiger partial charge in [-0.3, -0.25) is 0 Å². The van der Waals surface area contributed by atoms with Crippen molar-refractivity contribution in [3.63, 3.8) is 0 Å². The molecule has 0 bridgehead atoms. The fourth-order valence-electron chi connectivity index (χ4n) is 1.72. The molecule has 1 heterocycles. The molecule has 18 heavy (non-hydrogen) atoms. The summed E-state index contributed by atoms with van der Waals surface area (Å²) < 4.78 is 0. The third-order valence-electron chi connectivity index (χ3n) is 2.61. The number of aromatic nitrogens is 1. The van der Waals surface area contributed by atoms with Gasteiger partial charge in [0.2, 0.25) is 0 Å². The molecular formula is C12H13N3O2S. The zero-order chi connectivity index (χ0) is 13.1. The van der Waals surface area contributed by atoms with Crippen LogP contribution in [0, 0.1) is 0 Å². The normalized spacial score (nSPS) is 10.3. The van der Waals surface area contributed by atoms with Crippen molar-refractivity contribution in [3.05, 3.63) is 40.3 Å². The Kier molecular flexibility index (Phi) is 3.47. The number of thiazole rings is 1. The molecule has 0 unspecified atom stereocenters. The summed E-state index contributed by atoms with van der Waals surface area (Å²) >= 11 is 1.53. The SMILES string of the molecule is CN(Cc1cscn1)c1cccc(C(=O)O)c1N. The highest BCUT2D eigenvalue weighted by atomic mass is 32.1. The number of nitrogens with two attached hydrogens (primary N) is 1. The maximum absolute atomic E-state index is 11.0. The van der Waals surface area contributed by atoms with Crippen LogP contribution < -0.4 is 10.6 Å². The van der Waals surface area contributed by atoms with Crippen LogP contribution in [0.4, 0.5) is 11.4 Å². The van der Waals surface area contributed by atoms with Crippen molar-refractivity contribution < 1.29 is 9.90 Å². The number of rotatable bonds is 4. The number of benzene rings is 1.